The van der Waals surface area contributed by atoms with Crippen molar-refractivity contribution in [3.63, 3.8) is 0 Å². The van der Waals surface area contributed by atoms with Crippen molar-refractivity contribution in [2.24, 2.45) is 0 Å². The lowest BCUT2D eigenvalue weighted by atomic mass is 10.1. The molecule has 0 spiro atoms. The van der Waals surface area contributed by atoms with Gasteiger partial charge in [0.2, 0.25) is 0 Å². The zero-order valence-electron chi connectivity index (χ0n) is 18.5. The van der Waals surface area contributed by atoms with Crippen molar-refractivity contribution in [1.82, 2.24) is 4.90 Å². The number of allylic oxidation sites excluding steroid dienone is 1. The van der Waals surface area contributed by atoms with Gasteiger partial charge in [-0.05, 0) is 43.7 Å². The summed E-state index contributed by atoms with van der Waals surface area (Å²) in [5.41, 5.74) is 1.89. The second-order valence-electron chi connectivity index (χ2n) is 7.57. The van der Waals surface area contributed by atoms with E-state index >= 15 is 0 Å². The number of sulfone groups is 1. The van der Waals surface area contributed by atoms with Crippen LogP contribution in [0.4, 0.5) is 5.69 Å². The maximum atomic E-state index is 13.4. The molecule has 32 heavy (non-hydrogen) atoms. The number of imide groups is 1. The molecule has 0 radical (unpaired) electrons. The molecule has 0 aliphatic carbocycles. The van der Waals surface area contributed by atoms with Crippen molar-refractivity contribution in [3.8, 4) is 11.5 Å². The van der Waals surface area contributed by atoms with Gasteiger partial charge in [-0.2, -0.15) is 0 Å². The zero-order chi connectivity index (χ0) is 23.6. The third-order valence-electron chi connectivity index (χ3n) is 4.94. The quantitative estimate of drug-likeness (QED) is 0.575. The molecule has 1 aliphatic rings. The SMILES string of the molecule is C=C(C)Nc1cccc2c1C(=O)N([C@H](CS(C)(=O)=O)c1ccc(OC)c(OCC)c1)C2=O. The van der Waals surface area contributed by atoms with Gasteiger partial charge >= 0.3 is 0 Å². The van der Waals surface area contributed by atoms with Gasteiger partial charge in [0.25, 0.3) is 11.8 Å². The number of nitrogens with one attached hydrogen (secondary N) is 1. The fourth-order valence-electron chi connectivity index (χ4n) is 3.70. The van der Waals surface area contributed by atoms with Gasteiger partial charge in [0.1, 0.15) is 9.84 Å². The monoisotopic (exact) mass is 458 g/mol. The minimum absolute atomic E-state index is 0.192. The van der Waals surface area contributed by atoms with Gasteiger partial charge in [0.05, 0.1) is 42.3 Å². The largest absolute Gasteiger partial charge is 0.493 e. The molecule has 2 aromatic rings. The minimum atomic E-state index is -3.56. The first kappa shape index (κ1) is 23.3. The first-order chi connectivity index (χ1) is 15.1. The maximum Gasteiger partial charge on any atom is 0.264 e. The molecule has 0 unspecified atom stereocenters. The molecule has 0 saturated carbocycles. The first-order valence-corrected chi connectivity index (χ1v) is 12.0. The van der Waals surface area contributed by atoms with E-state index in [-0.39, 0.29) is 11.1 Å². The molecule has 9 heteroatoms. The van der Waals surface area contributed by atoms with Crippen molar-refractivity contribution in [1.29, 1.82) is 0 Å². The summed E-state index contributed by atoms with van der Waals surface area (Å²) >= 11 is 0. The molecular formula is C23H26N2O6S. The van der Waals surface area contributed by atoms with Crippen LogP contribution in [0.2, 0.25) is 0 Å². The van der Waals surface area contributed by atoms with Crippen LogP contribution in [0, 0.1) is 0 Å². The molecule has 0 saturated heterocycles. The number of carbonyl (C=O) groups excluding carboxylic acids is 2. The predicted octanol–water partition coefficient (Wildman–Crippen LogP) is 3.42. The summed E-state index contributed by atoms with van der Waals surface area (Å²) in [6, 6.07) is 8.71. The Morgan fingerprint density at radius 1 is 1.16 bits per heavy atom. The Kier molecular flexibility index (Phi) is 6.59. The molecule has 2 amide bonds. The van der Waals surface area contributed by atoms with Gasteiger partial charge in [0.15, 0.2) is 11.5 Å². The van der Waals surface area contributed by atoms with Crippen molar-refractivity contribution in [3.05, 3.63) is 65.4 Å². The standard InChI is InChI=1S/C23H26N2O6S/c1-6-31-20-12-15(10-11-19(20)30-4)18(13-32(5,28)29)25-22(26)16-8-7-9-17(24-14(2)3)21(16)23(25)27/h7-12,18,24H,2,6,13H2,1,3-5H3/t18-/m1/s1. The molecule has 170 valence electrons. The highest BCUT2D eigenvalue weighted by Crippen LogP contribution is 2.38. The highest BCUT2D eigenvalue weighted by atomic mass is 32.2. The zero-order valence-corrected chi connectivity index (χ0v) is 19.3. The Balaban J connectivity index is 2.13. The number of carbonyl (C=O) groups is 2. The van der Waals surface area contributed by atoms with Crippen molar-refractivity contribution < 1.29 is 27.5 Å². The lowest BCUT2D eigenvalue weighted by molar-refractivity contribution is 0.0598. The number of nitrogens with zero attached hydrogens (tertiary/aromatic N) is 1. The number of rotatable bonds is 9. The molecule has 3 rings (SSSR count). The van der Waals surface area contributed by atoms with E-state index in [2.05, 4.69) is 11.9 Å². The van der Waals surface area contributed by atoms with Gasteiger partial charge < -0.3 is 14.8 Å². The number of hydrogen-bond acceptors (Lipinski definition) is 7. The lowest BCUT2D eigenvalue weighted by Gasteiger charge is -2.27. The molecule has 8 nitrogen and oxygen atoms in total. The number of methoxy groups -OCH3 is 1. The number of anilines is 1. The maximum absolute atomic E-state index is 13.4. The van der Waals surface area contributed by atoms with E-state index in [4.69, 9.17) is 9.47 Å². The fourth-order valence-corrected chi connectivity index (χ4v) is 4.61. The van der Waals surface area contributed by atoms with Crippen LogP contribution in [0.3, 0.4) is 0 Å². The van der Waals surface area contributed by atoms with Gasteiger partial charge in [0, 0.05) is 12.0 Å². The summed E-state index contributed by atoms with van der Waals surface area (Å²) < 4.78 is 35.5. The second kappa shape index (κ2) is 9.04. The van der Waals surface area contributed by atoms with E-state index in [9.17, 15) is 18.0 Å². The van der Waals surface area contributed by atoms with Crippen LogP contribution in [0.15, 0.2) is 48.7 Å². The first-order valence-electron chi connectivity index (χ1n) is 9.99. The highest BCUT2D eigenvalue weighted by Gasteiger charge is 2.43. The lowest BCUT2D eigenvalue weighted by Crippen LogP contribution is -2.37. The van der Waals surface area contributed by atoms with Crippen LogP contribution in [0.5, 0.6) is 11.5 Å². The van der Waals surface area contributed by atoms with E-state index in [0.717, 1.165) is 11.2 Å². The average Bonchev–Trinajstić information content (AvgIpc) is 2.96. The molecule has 1 N–H and O–H groups in total. The number of fused-ring (bicyclic) bond motifs is 1. The summed E-state index contributed by atoms with van der Waals surface area (Å²) in [6.07, 6.45) is 1.07. The number of hydrogen-bond donors (Lipinski definition) is 1. The molecule has 1 heterocycles. The minimum Gasteiger partial charge on any atom is -0.493 e. The van der Waals surface area contributed by atoms with Crippen LogP contribution in [-0.4, -0.2) is 50.9 Å². The second-order valence-corrected chi connectivity index (χ2v) is 9.75. The third-order valence-corrected chi connectivity index (χ3v) is 5.86. The van der Waals surface area contributed by atoms with Crippen molar-refractivity contribution >= 4 is 27.3 Å². The van der Waals surface area contributed by atoms with Crippen LogP contribution in [-0.2, 0) is 9.84 Å². The summed E-state index contributed by atoms with van der Waals surface area (Å²) in [5.74, 6) is -0.703. The van der Waals surface area contributed by atoms with Gasteiger partial charge in [-0.3, -0.25) is 14.5 Å². The third kappa shape index (κ3) is 4.62. The normalized spacial score (nSPS) is 14.2. The molecule has 0 bridgehead atoms. The Hall–Kier alpha value is -3.33. The van der Waals surface area contributed by atoms with E-state index in [0.29, 0.717) is 35.1 Å². The Morgan fingerprint density at radius 2 is 1.88 bits per heavy atom. The van der Waals surface area contributed by atoms with Gasteiger partial charge in [-0.15, -0.1) is 0 Å². The molecular weight excluding hydrogens is 432 g/mol. The molecule has 0 aromatic heterocycles. The van der Waals surface area contributed by atoms with Gasteiger partial charge in [-0.25, -0.2) is 8.42 Å². The van der Waals surface area contributed by atoms with E-state index in [1.54, 1.807) is 50.2 Å². The molecule has 2 aromatic carbocycles. The predicted molar refractivity (Wildman–Crippen MR) is 122 cm³/mol. The molecule has 1 atom stereocenters. The van der Waals surface area contributed by atoms with E-state index < -0.39 is 33.4 Å². The van der Waals surface area contributed by atoms with Crippen LogP contribution < -0.4 is 14.8 Å². The van der Waals surface area contributed by atoms with Crippen molar-refractivity contribution in [2.75, 3.05) is 31.0 Å². The highest BCUT2D eigenvalue weighted by molar-refractivity contribution is 7.90. The Labute approximate surface area is 187 Å². The summed E-state index contributed by atoms with van der Waals surface area (Å²) in [6.45, 7) is 7.69. The number of amides is 2. The average molecular weight is 459 g/mol. The summed E-state index contributed by atoms with van der Waals surface area (Å²) in [7, 11) is -2.07. The Bertz CT molecular complexity index is 1190. The topological polar surface area (TPSA) is 102 Å². The number of benzene rings is 2. The van der Waals surface area contributed by atoms with Gasteiger partial charge in [-0.1, -0.05) is 18.7 Å². The smallest absolute Gasteiger partial charge is 0.264 e. The van der Waals surface area contributed by atoms with Crippen LogP contribution in [0.1, 0.15) is 46.2 Å². The Morgan fingerprint density at radius 3 is 2.47 bits per heavy atom. The summed E-state index contributed by atoms with van der Waals surface area (Å²) in [5, 5.41) is 3.00. The molecule has 1 aliphatic heterocycles. The van der Waals surface area contributed by atoms with E-state index in [1.165, 1.54) is 7.11 Å². The van der Waals surface area contributed by atoms with E-state index in [1.807, 2.05) is 0 Å². The van der Waals surface area contributed by atoms with Crippen LogP contribution in [0.25, 0.3) is 0 Å². The molecule has 0 fully saturated rings. The van der Waals surface area contributed by atoms with Crippen LogP contribution >= 0.6 is 0 Å². The fraction of sp³-hybridized carbons (Fsp3) is 0.304. The summed E-state index contributed by atoms with van der Waals surface area (Å²) in [4.78, 5) is 27.7. The van der Waals surface area contributed by atoms with Crippen molar-refractivity contribution in [2.45, 2.75) is 19.9 Å². The number of ether oxygens (including phenoxy) is 2.